The van der Waals surface area contributed by atoms with Crippen LogP contribution in [0, 0.1) is 11.3 Å². The van der Waals surface area contributed by atoms with E-state index in [0.29, 0.717) is 19.4 Å². The molecule has 1 aromatic rings. The van der Waals surface area contributed by atoms with Crippen LogP contribution in [0.1, 0.15) is 23.6 Å². The first kappa shape index (κ1) is 12.5. The van der Waals surface area contributed by atoms with Crippen molar-refractivity contribution in [1.82, 2.24) is 5.32 Å². The molecule has 0 radical (unpaired) electrons. The molecule has 0 aliphatic heterocycles. The molecule has 1 unspecified atom stereocenters. The highest BCUT2D eigenvalue weighted by Gasteiger charge is 2.13. The molecule has 1 rings (SSSR count). The molecule has 16 heavy (non-hydrogen) atoms. The standard InChI is InChI=1S/C12H14N2OS/c1-2-7-14-12(15)6-5-10(9-13)11-4-3-8-16-11/h2-4,8,10H,1,5-7H2,(H,14,15). The van der Waals surface area contributed by atoms with Crippen molar-refractivity contribution in [2.24, 2.45) is 0 Å². The van der Waals surface area contributed by atoms with Gasteiger partial charge in [-0.1, -0.05) is 12.1 Å². The molecule has 0 saturated carbocycles. The van der Waals surface area contributed by atoms with Crippen LogP contribution in [0.3, 0.4) is 0 Å². The molecule has 0 spiro atoms. The summed E-state index contributed by atoms with van der Waals surface area (Å²) in [6.45, 7) is 4.00. The highest BCUT2D eigenvalue weighted by atomic mass is 32.1. The second-order valence-corrected chi connectivity index (χ2v) is 4.31. The number of hydrogen-bond acceptors (Lipinski definition) is 3. The maximum Gasteiger partial charge on any atom is 0.220 e. The molecular weight excluding hydrogens is 220 g/mol. The summed E-state index contributed by atoms with van der Waals surface area (Å²) >= 11 is 1.55. The van der Waals surface area contributed by atoms with Gasteiger partial charge in [-0.15, -0.1) is 17.9 Å². The van der Waals surface area contributed by atoms with Gasteiger partial charge >= 0.3 is 0 Å². The fourth-order valence-corrected chi connectivity index (χ4v) is 2.12. The Bertz CT molecular complexity index is 378. The Hall–Kier alpha value is -1.60. The van der Waals surface area contributed by atoms with Crippen molar-refractivity contribution >= 4 is 17.2 Å². The van der Waals surface area contributed by atoms with Crippen molar-refractivity contribution < 1.29 is 4.79 Å². The number of thiophene rings is 1. The number of carbonyl (C=O) groups excluding carboxylic acids is 1. The lowest BCUT2D eigenvalue weighted by molar-refractivity contribution is -0.121. The zero-order chi connectivity index (χ0) is 11.8. The van der Waals surface area contributed by atoms with Crippen LogP contribution in [0.4, 0.5) is 0 Å². The molecule has 1 aromatic heterocycles. The molecule has 1 atom stereocenters. The Kier molecular flexibility index (Phi) is 5.30. The van der Waals surface area contributed by atoms with Crippen molar-refractivity contribution in [2.45, 2.75) is 18.8 Å². The van der Waals surface area contributed by atoms with Gasteiger partial charge in [-0.05, 0) is 17.9 Å². The van der Waals surface area contributed by atoms with Crippen LogP contribution < -0.4 is 5.32 Å². The molecule has 0 aliphatic carbocycles. The van der Waals surface area contributed by atoms with Crippen molar-refractivity contribution in [2.75, 3.05) is 6.54 Å². The van der Waals surface area contributed by atoms with E-state index in [1.54, 1.807) is 17.4 Å². The molecule has 0 saturated heterocycles. The van der Waals surface area contributed by atoms with Crippen LogP contribution in [0.5, 0.6) is 0 Å². The average Bonchev–Trinajstić information content (AvgIpc) is 2.81. The molecule has 1 amide bonds. The summed E-state index contributed by atoms with van der Waals surface area (Å²) < 4.78 is 0. The van der Waals surface area contributed by atoms with Crippen LogP contribution in [-0.4, -0.2) is 12.5 Å². The SMILES string of the molecule is C=CCNC(=O)CCC(C#N)c1cccs1. The van der Waals surface area contributed by atoms with Gasteiger partial charge in [0.25, 0.3) is 0 Å². The molecule has 0 bridgehead atoms. The van der Waals surface area contributed by atoms with Crippen LogP contribution in [0.15, 0.2) is 30.2 Å². The van der Waals surface area contributed by atoms with Crippen molar-refractivity contribution in [3.63, 3.8) is 0 Å². The second-order valence-electron chi connectivity index (χ2n) is 3.33. The third-order valence-electron chi connectivity index (χ3n) is 2.15. The maximum absolute atomic E-state index is 11.3. The van der Waals surface area contributed by atoms with Crippen molar-refractivity contribution in [3.8, 4) is 6.07 Å². The number of amides is 1. The fourth-order valence-electron chi connectivity index (χ4n) is 1.31. The van der Waals surface area contributed by atoms with Crippen LogP contribution >= 0.6 is 11.3 Å². The molecule has 1 N–H and O–H groups in total. The molecule has 1 heterocycles. The van der Waals surface area contributed by atoms with Gasteiger partial charge in [0.05, 0.1) is 12.0 Å². The third kappa shape index (κ3) is 3.87. The molecule has 0 aliphatic rings. The minimum absolute atomic E-state index is 0.0308. The highest BCUT2D eigenvalue weighted by molar-refractivity contribution is 7.10. The van der Waals surface area contributed by atoms with Gasteiger partial charge in [0.15, 0.2) is 0 Å². The summed E-state index contributed by atoms with van der Waals surface area (Å²) in [5, 5.41) is 13.6. The minimum Gasteiger partial charge on any atom is -0.353 e. The van der Waals surface area contributed by atoms with Gasteiger partial charge in [0, 0.05) is 17.8 Å². The smallest absolute Gasteiger partial charge is 0.220 e. The van der Waals surface area contributed by atoms with E-state index in [1.807, 2.05) is 17.5 Å². The van der Waals surface area contributed by atoms with E-state index >= 15 is 0 Å². The Balaban J connectivity index is 2.38. The Morgan fingerprint density at radius 2 is 2.56 bits per heavy atom. The largest absolute Gasteiger partial charge is 0.353 e. The lowest BCUT2D eigenvalue weighted by Crippen LogP contribution is -2.23. The van der Waals surface area contributed by atoms with Crippen LogP contribution in [0.25, 0.3) is 0 Å². The normalized spacial score (nSPS) is 11.4. The summed E-state index contributed by atoms with van der Waals surface area (Å²) in [6.07, 6.45) is 2.59. The van der Waals surface area contributed by atoms with E-state index in [1.165, 1.54) is 0 Å². The number of nitrogens with one attached hydrogen (secondary N) is 1. The van der Waals surface area contributed by atoms with Gasteiger partial charge in [-0.2, -0.15) is 5.26 Å². The second kappa shape index (κ2) is 6.81. The van der Waals surface area contributed by atoms with Gasteiger partial charge in [0.1, 0.15) is 0 Å². The predicted octanol–water partition coefficient (Wildman–Crippen LogP) is 2.44. The molecule has 84 valence electrons. The van der Waals surface area contributed by atoms with Crippen LogP contribution in [-0.2, 0) is 4.79 Å². The van der Waals surface area contributed by atoms with E-state index in [9.17, 15) is 4.79 Å². The number of hydrogen-bond donors (Lipinski definition) is 1. The Morgan fingerprint density at radius 1 is 1.75 bits per heavy atom. The van der Waals surface area contributed by atoms with E-state index in [4.69, 9.17) is 5.26 Å². The number of carbonyl (C=O) groups is 1. The van der Waals surface area contributed by atoms with Gasteiger partial charge in [-0.3, -0.25) is 4.79 Å². The van der Waals surface area contributed by atoms with Crippen molar-refractivity contribution in [1.29, 1.82) is 5.26 Å². The predicted molar refractivity (Wildman–Crippen MR) is 65.1 cm³/mol. The third-order valence-corrected chi connectivity index (χ3v) is 3.13. The summed E-state index contributed by atoms with van der Waals surface area (Å²) in [6, 6.07) is 6.08. The summed E-state index contributed by atoms with van der Waals surface area (Å²) in [7, 11) is 0. The van der Waals surface area contributed by atoms with E-state index < -0.39 is 0 Å². The molecule has 0 aromatic carbocycles. The Labute approximate surface area is 99.4 Å². The number of rotatable bonds is 6. The zero-order valence-electron chi connectivity index (χ0n) is 8.98. The number of nitrogens with zero attached hydrogens (tertiary/aromatic N) is 1. The highest BCUT2D eigenvalue weighted by Crippen LogP contribution is 2.24. The number of nitriles is 1. The van der Waals surface area contributed by atoms with Gasteiger partial charge in [0.2, 0.25) is 5.91 Å². The van der Waals surface area contributed by atoms with E-state index in [0.717, 1.165) is 4.88 Å². The maximum atomic E-state index is 11.3. The average molecular weight is 234 g/mol. The minimum atomic E-state index is -0.172. The molecule has 4 heteroatoms. The van der Waals surface area contributed by atoms with E-state index in [2.05, 4.69) is 18.0 Å². The topological polar surface area (TPSA) is 52.9 Å². The molecule has 3 nitrogen and oxygen atoms in total. The van der Waals surface area contributed by atoms with Crippen molar-refractivity contribution in [3.05, 3.63) is 35.0 Å². The molecular formula is C12H14N2OS. The van der Waals surface area contributed by atoms with E-state index in [-0.39, 0.29) is 11.8 Å². The molecule has 0 fully saturated rings. The monoisotopic (exact) mass is 234 g/mol. The lowest BCUT2D eigenvalue weighted by atomic mass is 10.0. The Morgan fingerprint density at radius 3 is 3.12 bits per heavy atom. The summed E-state index contributed by atoms with van der Waals surface area (Å²) in [5.41, 5.74) is 0. The van der Waals surface area contributed by atoms with Crippen LogP contribution in [0.2, 0.25) is 0 Å². The summed E-state index contributed by atoms with van der Waals surface area (Å²) in [4.78, 5) is 12.4. The lowest BCUT2D eigenvalue weighted by Gasteiger charge is -2.06. The first-order valence-corrected chi connectivity index (χ1v) is 5.96. The summed E-state index contributed by atoms with van der Waals surface area (Å²) in [5.74, 6) is -0.203. The van der Waals surface area contributed by atoms with Gasteiger partial charge in [-0.25, -0.2) is 0 Å². The first-order chi connectivity index (χ1) is 7.77. The zero-order valence-corrected chi connectivity index (χ0v) is 9.80. The first-order valence-electron chi connectivity index (χ1n) is 5.08. The van der Waals surface area contributed by atoms with Gasteiger partial charge < -0.3 is 5.32 Å². The fraction of sp³-hybridized carbons (Fsp3) is 0.333. The quantitative estimate of drug-likeness (QED) is 0.769.